The lowest BCUT2D eigenvalue weighted by atomic mass is 10.1. The second-order valence-corrected chi connectivity index (χ2v) is 5.55. The van der Waals surface area contributed by atoms with Crippen molar-refractivity contribution in [1.82, 2.24) is 9.78 Å². The summed E-state index contributed by atoms with van der Waals surface area (Å²) in [6, 6.07) is 5.77. The summed E-state index contributed by atoms with van der Waals surface area (Å²) < 4.78 is 7.74. The van der Waals surface area contributed by atoms with Gasteiger partial charge in [0.15, 0.2) is 0 Å². The Bertz CT molecular complexity index is 635. The molecule has 114 valence electrons. The summed E-state index contributed by atoms with van der Waals surface area (Å²) in [5.74, 6) is 0.683. The first kappa shape index (κ1) is 15.9. The number of halogens is 1. The molecule has 1 atom stereocenters. The molecule has 0 saturated heterocycles. The first-order valence-corrected chi connectivity index (χ1v) is 7.45. The van der Waals surface area contributed by atoms with Crippen LogP contribution in [0, 0.1) is 13.8 Å². The summed E-state index contributed by atoms with van der Waals surface area (Å²) in [4.78, 5) is 0. The molecule has 2 rings (SSSR count). The highest BCUT2D eigenvalue weighted by atomic mass is 35.5. The van der Waals surface area contributed by atoms with Gasteiger partial charge < -0.3 is 9.84 Å². The molecule has 0 saturated carbocycles. The highest BCUT2D eigenvalue weighted by molar-refractivity contribution is 6.31. The highest BCUT2D eigenvalue weighted by Gasteiger charge is 2.15. The van der Waals surface area contributed by atoms with Gasteiger partial charge in [0.2, 0.25) is 0 Å². The number of hydrogen-bond donors (Lipinski definition) is 1. The maximum Gasteiger partial charge on any atom is 0.131 e. The number of ether oxygens (including phenoxy) is 1. The molecule has 1 heterocycles. The largest absolute Gasteiger partial charge is 0.487 e. The molecule has 0 aliphatic rings. The predicted octanol–water partition coefficient (Wildman–Crippen LogP) is 3.81. The van der Waals surface area contributed by atoms with Crippen molar-refractivity contribution in [3.8, 4) is 5.75 Å². The first-order chi connectivity index (χ1) is 9.93. The van der Waals surface area contributed by atoms with Gasteiger partial charge in [-0.15, -0.1) is 0 Å². The highest BCUT2D eigenvalue weighted by Crippen LogP contribution is 2.28. The number of hydrogen-bond acceptors (Lipinski definition) is 3. The lowest BCUT2D eigenvalue weighted by Crippen LogP contribution is -2.08. The lowest BCUT2D eigenvalue weighted by molar-refractivity contribution is 0.189. The summed E-state index contributed by atoms with van der Waals surface area (Å²) in [5, 5.41) is 14.8. The SMILES string of the molecule is CCn1nc(C)c(Cl)c1COc1cc(C)ccc1[C@@H](C)O. The molecule has 4 nitrogen and oxygen atoms in total. The summed E-state index contributed by atoms with van der Waals surface area (Å²) in [6.45, 7) is 8.68. The maximum absolute atomic E-state index is 9.83. The van der Waals surface area contributed by atoms with Crippen molar-refractivity contribution >= 4 is 11.6 Å². The monoisotopic (exact) mass is 308 g/mol. The van der Waals surface area contributed by atoms with E-state index in [1.807, 2.05) is 43.7 Å². The molecule has 1 aromatic carbocycles. The number of aliphatic hydroxyl groups is 1. The van der Waals surface area contributed by atoms with Crippen molar-refractivity contribution in [3.63, 3.8) is 0 Å². The van der Waals surface area contributed by atoms with Gasteiger partial charge in [0, 0.05) is 12.1 Å². The van der Waals surface area contributed by atoms with Gasteiger partial charge in [-0.3, -0.25) is 4.68 Å². The Balaban J connectivity index is 2.26. The first-order valence-electron chi connectivity index (χ1n) is 7.07. The van der Waals surface area contributed by atoms with Crippen molar-refractivity contribution in [1.29, 1.82) is 0 Å². The topological polar surface area (TPSA) is 47.3 Å². The van der Waals surface area contributed by atoms with E-state index in [0.717, 1.165) is 29.1 Å². The fraction of sp³-hybridized carbons (Fsp3) is 0.438. The normalized spacial score (nSPS) is 12.5. The van der Waals surface area contributed by atoms with Crippen LogP contribution in [0.4, 0.5) is 0 Å². The van der Waals surface area contributed by atoms with Gasteiger partial charge >= 0.3 is 0 Å². The van der Waals surface area contributed by atoms with Crippen molar-refractivity contribution in [2.24, 2.45) is 0 Å². The molecule has 0 aliphatic heterocycles. The van der Waals surface area contributed by atoms with Gasteiger partial charge in [-0.25, -0.2) is 0 Å². The number of rotatable bonds is 5. The van der Waals surface area contributed by atoms with Crippen LogP contribution in [0.15, 0.2) is 18.2 Å². The van der Waals surface area contributed by atoms with Crippen LogP contribution in [0.3, 0.4) is 0 Å². The van der Waals surface area contributed by atoms with Gasteiger partial charge in [0.05, 0.1) is 22.5 Å². The van der Waals surface area contributed by atoms with Gasteiger partial charge in [0.25, 0.3) is 0 Å². The molecule has 1 aromatic heterocycles. The molecule has 0 aliphatic carbocycles. The van der Waals surface area contributed by atoms with E-state index in [1.165, 1.54) is 0 Å². The third-order valence-electron chi connectivity index (χ3n) is 3.44. The Morgan fingerprint density at radius 3 is 2.71 bits per heavy atom. The lowest BCUT2D eigenvalue weighted by Gasteiger charge is -2.15. The molecule has 0 fully saturated rings. The minimum atomic E-state index is -0.575. The summed E-state index contributed by atoms with van der Waals surface area (Å²) in [6.07, 6.45) is -0.575. The zero-order valence-electron chi connectivity index (χ0n) is 12.9. The van der Waals surface area contributed by atoms with Crippen LogP contribution in [0.5, 0.6) is 5.75 Å². The van der Waals surface area contributed by atoms with Gasteiger partial charge in [-0.2, -0.15) is 5.10 Å². The summed E-state index contributed by atoms with van der Waals surface area (Å²) >= 11 is 6.28. The zero-order chi connectivity index (χ0) is 15.6. The Morgan fingerprint density at radius 2 is 2.10 bits per heavy atom. The molecule has 21 heavy (non-hydrogen) atoms. The van der Waals surface area contributed by atoms with E-state index in [0.29, 0.717) is 17.4 Å². The molecule has 0 spiro atoms. The van der Waals surface area contributed by atoms with E-state index >= 15 is 0 Å². The second-order valence-electron chi connectivity index (χ2n) is 5.17. The van der Waals surface area contributed by atoms with Crippen LogP contribution in [0.1, 0.15) is 42.5 Å². The fourth-order valence-corrected chi connectivity index (χ4v) is 2.45. The number of nitrogens with zero attached hydrogens (tertiary/aromatic N) is 2. The van der Waals surface area contributed by atoms with Crippen LogP contribution in [-0.4, -0.2) is 14.9 Å². The van der Waals surface area contributed by atoms with Crippen molar-refractivity contribution < 1.29 is 9.84 Å². The molecular weight excluding hydrogens is 288 g/mol. The zero-order valence-corrected chi connectivity index (χ0v) is 13.6. The number of benzene rings is 1. The minimum Gasteiger partial charge on any atom is -0.487 e. The summed E-state index contributed by atoms with van der Waals surface area (Å²) in [7, 11) is 0. The molecule has 0 radical (unpaired) electrons. The number of aryl methyl sites for hydroxylation is 3. The Labute approximate surface area is 130 Å². The van der Waals surface area contributed by atoms with Crippen LogP contribution in [-0.2, 0) is 13.2 Å². The van der Waals surface area contributed by atoms with E-state index in [9.17, 15) is 5.11 Å². The number of aromatic nitrogens is 2. The van der Waals surface area contributed by atoms with E-state index < -0.39 is 6.10 Å². The number of aliphatic hydroxyl groups excluding tert-OH is 1. The van der Waals surface area contributed by atoms with Crippen molar-refractivity contribution in [2.75, 3.05) is 0 Å². The molecule has 0 amide bonds. The molecule has 5 heteroatoms. The third kappa shape index (κ3) is 3.39. The predicted molar refractivity (Wildman–Crippen MR) is 83.8 cm³/mol. The Morgan fingerprint density at radius 1 is 1.38 bits per heavy atom. The molecule has 1 N–H and O–H groups in total. The Hall–Kier alpha value is -1.52. The quantitative estimate of drug-likeness (QED) is 0.913. The van der Waals surface area contributed by atoms with Crippen LogP contribution in [0.2, 0.25) is 5.02 Å². The molecule has 2 aromatic rings. The van der Waals surface area contributed by atoms with Gasteiger partial charge in [0.1, 0.15) is 12.4 Å². The average Bonchev–Trinajstić information content (AvgIpc) is 2.71. The van der Waals surface area contributed by atoms with E-state index in [-0.39, 0.29) is 0 Å². The van der Waals surface area contributed by atoms with Crippen molar-refractivity contribution in [2.45, 2.75) is 47.0 Å². The van der Waals surface area contributed by atoms with Crippen LogP contribution in [0.25, 0.3) is 0 Å². The second kappa shape index (κ2) is 6.50. The van der Waals surface area contributed by atoms with Crippen molar-refractivity contribution in [3.05, 3.63) is 45.7 Å². The van der Waals surface area contributed by atoms with Gasteiger partial charge in [-0.05, 0) is 39.3 Å². The maximum atomic E-state index is 9.83. The standard InChI is InChI=1S/C16H21ClN2O2/c1-5-19-14(16(17)11(3)18-19)9-21-15-8-10(2)6-7-13(15)12(4)20/h6-8,12,20H,5,9H2,1-4H3/t12-/m1/s1. The van der Waals surface area contributed by atoms with E-state index in [1.54, 1.807) is 6.92 Å². The molecule has 0 unspecified atom stereocenters. The third-order valence-corrected chi connectivity index (χ3v) is 3.93. The molecule has 0 bridgehead atoms. The van der Waals surface area contributed by atoms with E-state index in [2.05, 4.69) is 5.10 Å². The van der Waals surface area contributed by atoms with Crippen LogP contribution < -0.4 is 4.74 Å². The van der Waals surface area contributed by atoms with Crippen LogP contribution >= 0.6 is 11.6 Å². The van der Waals surface area contributed by atoms with E-state index in [4.69, 9.17) is 16.3 Å². The summed E-state index contributed by atoms with van der Waals surface area (Å²) in [5.41, 5.74) is 3.52. The smallest absolute Gasteiger partial charge is 0.131 e. The van der Waals surface area contributed by atoms with Gasteiger partial charge in [-0.1, -0.05) is 23.7 Å². The Kier molecular flexibility index (Phi) is 4.91. The molecular formula is C16H21ClN2O2. The fourth-order valence-electron chi connectivity index (χ4n) is 2.26. The average molecular weight is 309 g/mol. The minimum absolute atomic E-state index is 0.330.